The Labute approximate surface area is 103 Å². The van der Waals surface area contributed by atoms with Crippen molar-refractivity contribution in [2.75, 3.05) is 46.9 Å². The second-order valence-electron chi connectivity index (χ2n) is 3.98. The van der Waals surface area contributed by atoms with E-state index in [0.29, 0.717) is 13.0 Å². The van der Waals surface area contributed by atoms with Crippen LogP contribution in [-0.2, 0) is 9.53 Å². The number of amides is 1. The molecule has 1 rings (SSSR count). The van der Waals surface area contributed by atoms with Crippen LogP contribution in [0, 0.1) is 0 Å². The molecule has 1 fully saturated rings. The summed E-state index contributed by atoms with van der Waals surface area (Å²) in [7, 11) is 3.66. The van der Waals surface area contributed by atoms with E-state index < -0.39 is 0 Å². The molecular weight excluding hydrogens is 230 g/mol. The van der Waals surface area contributed by atoms with Gasteiger partial charge in [0.1, 0.15) is 0 Å². The molecule has 5 nitrogen and oxygen atoms in total. The zero-order chi connectivity index (χ0) is 11.3. The molecule has 0 radical (unpaired) electrons. The average molecular weight is 252 g/mol. The normalized spacial score (nSPS) is 19.1. The van der Waals surface area contributed by atoms with Gasteiger partial charge in [-0.1, -0.05) is 0 Å². The number of nitrogens with two attached hydrogens (primary N) is 1. The third-order valence-corrected chi connectivity index (χ3v) is 2.85. The first-order valence-corrected chi connectivity index (χ1v) is 5.36. The van der Waals surface area contributed by atoms with E-state index in [4.69, 9.17) is 10.5 Å². The number of rotatable bonds is 4. The topological polar surface area (TPSA) is 58.8 Å². The highest BCUT2D eigenvalue weighted by Crippen LogP contribution is 2.05. The summed E-state index contributed by atoms with van der Waals surface area (Å²) in [5.41, 5.74) is 5.48. The Morgan fingerprint density at radius 2 is 1.94 bits per heavy atom. The number of likely N-dealkylation sites (N-methyl/N-ethyl adjacent to an activating group) is 1. The molecule has 16 heavy (non-hydrogen) atoms. The largest absolute Gasteiger partial charge is 0.380 e. The van der Waals surface area contributed by atoms with Crippen LogP contribution in [0.3, 0.4) is 0 Å². The average Bonchev–Trinajstić information content (AvgIpc) is 2.26. The van der Waals surface area contributed by atoms with Crippen molar-refractivity contribution in [1.82, 2.24) is 9.80 Å². The minimum atomic E-state index is -0.142. The number of carbonyl (C=O) groups is 1. The number of nitrogens with zero attached hydrogens (tertiary/aromatic N) is 2. The van der Waals surface area contributed by atoms with Crippen LogP contribution in [0.1, 0.15) is 6.42 Å². The number of methoxy groups -OCH3 is 1. The van der Waals surface area contributed by atoms with E-state index in [1.165, 1.54) is 0 Å². The standard InChI is InChI=1S/C10H21N3O2.ClH/c1-12-3-5-13(6-4-12)10(14)7-9(8-11)15-2;/h9H,3-8,11H2,1-2H3;1H. The fraction of sp³-hybridized carbons (Fsp3) is 0.900. The van der Waals surface area contributed by atoms with Crippen LogP contribution in [0.2, 0.25) is 0 Å². The van der Waals surface area contributed by atoms with Crippen molar-refractivity contribution in [3.8, 4) is 0 Å². The molecule has 0 aromatic carbocycles. The molecule has 0 saturated carbocycles. The molecule has 0 aromatic heterocycles. The molecule has 1 saturated heterocycles. The molecule has 1 aliphatic heterocycles. The Hall–Kier alpha value is -0.360. The molecule has 1 heterocycles. The molecular formula is C10H22ClN3O2. The van der Waals surface area contributed by atoms with Gasteiger partial charge in [0.2, 0.25) is 5.91 Å². The van der Waals surface area contributed by atoms with Gasteiger partial charge in [0, 0.05) is 39.8 Å². The second kappa shape index (κ2) is 7.84. The quantitative estimate of drug-likeness (QED) is 0.735. The SMILES string of the molecule is COC(CN)CC(=O)N1CCN(C)CC1.Cl. The molecule has 1 unspecified atom stereocenters. The summed E-state index contributed by atoms with van der Waals surface area (Å²) in [5.74, 6) is 0.153. The van der Waals surface area contributed by atoms with Crippen LogP contribution in [0.25, 0.3) is 0 Å². The van der Waals surface area contributed by atoms with Gasteiger partial charge < -0.3 is 20.3 Å². The van der Waals surface area contributed by atoms with Crippen LogP contribution >= 0.6 is 12.4 Å². The van der Waals surface area contributed by atoms with Crippen molar-refractivity contribution >= 4 is 18.3 Å². The third kappa shape index (κ3) is 4.65. The summed E-state index contributed by atoms with van der Waals surface area (Å²) in [5, 5.41) is 0. The Morgan fingerprint density at radius 3 is 2.38 bits per heavy atom. The minimum absolute atomic E-state index is 0. The van der Waals surface area contributed by atoms with Gasteiger partial charge in [0.05, 0.1) is 12.5 Å². The first-order chi connectivity index (χ1) is 7.17. The number of hydrogen-bond acceptors (Lipinski definition) is 4. The number of ether oxygens (including phenoxy) is 1. The van der Waals surface area contributed by atoms with Gasteiger partial charge in [-0.05, 0) is 7.05 Å². The monoisotopic (exact) mass is 251 g/mol. The van der Waals surface area contributed by atoms with E-state index in [-0.39, 0.29) is 24.4 Å². The summed E-state index contributed by atoms with van der Waals surface area (Å²) in [6.45, 7) is 3.93. The Bertz CT molecular complexity index is 204. The first-order valence-electron chi connectivity index (χ1n) is 5.36. The lowest BCUT2D eigenvalue weighted by Gasteiger charge is -2.33. The summed E-state index contributed by atoms with van der Waals surface area (Å²) >= 11 is 0. The highest BCUT2D eigenvalue weighted by atomic mass is 35.5. The maximum Gasteiger partial charge on any atom is 0.225 e. The summed E-state index contributed by atoms with van der Waals surface area (Å²) in [4.78, 5) is 15.9. The van der Waals surface area contributed by atoms with Gasteiger partial charge in [0.15, 0.2) is 0 Å². The molecule has 2 N–H and O–H groups in total. The van der Waals surface area contributed by atoms with E-state index in [1.807, 2.05) is 4.90 Å². The molecule has 0 spiro atoms. The fourth-order valence-electron chi connectivity index (χ4n) is 1.64. The van der Waals surface area contributed by atoms with E-state index in [9.17, 15) is 4.79 Å². The van der Waals surface area contributed by atoms with Crippen LogP contribution in [0.5, 0.6) is 0 Å². The van der Waals surface area contributed by atoms with E-state index >= 15 is 0 Å². The number of piperazine rings is 1. The number of carbonyl (C=O) groups excluding carboxylic acids is 1. The van der Waals surface area contributed by atoms with Gasteiger partial charge in [0.25, 0.3) is 0 Å². The van der Waals surface area contributed by atoms with Crippen molar-refractivity contribution in [3.05, 3.63) is 0 Å². The first kappa shape index (κ1) is 15.6. The molecule has 1 amide bonds. The van der Waals surface area contributed by atoms with Crippen molar-refractivity contribution in [2.45, 2.75) is 12.5 Å². The van der Waals surface area contributed by atoms with Gasteiger partial charge in [-0.3, -0.25) is 4.79 Å². The molecule has 0 aromatic rings. The zero-order valence-electron chi connectivity index (χ0n) is 10.0. The molecule has 0 aliphatic carbocycles. The lowest BCUT2D eigenvalue weighted by molar-refractivity contribution is -0.135. The predicted octanol–water partition coefficient (Wildman–Crippen LogP) is -0.454. The summed E-state index contributed by atoms with van der Waals surface area (Å²) < 4.78 is 5.10. The lowest BCUT2D eigenvalue weighted by atomic mass is 10.2. The van der Waals surface area contributed by atoms with E-state index in [2.05, 4.69) is 11.9 Å². The van der Waals surface area contributed by atoms with Crippen LogP contribution in [0.4, 0.5) is 0 Å². The summed E-state index contributed by atoms with van der Waals surface area (Å²) in [6, 6.07) is 0. The Kier molecular flexibility index (Phi) is 7.66. The maximum absolute atomic E-state index is 11.8. The molecule has 6 heteroatoms. The maximum atomic E-state index is 11.8. The van der Waals surface area contributed by atoms with E-state index in [1.54, 1.807) is 7.11 Å². The van der Waals surface area contributed by atoms with Crippen LogP contribution in [-0.4, -0.2) is 68.7 Å². The van der Waals surface area contributed by atoms with Crippen molar-refractivity contribution in [2.24, 2.45) is 5.73 Å². The highest BCUT2D eigenvalue weighted by molar-refractivity contribution is 5.85. The number of hydrogen-bond donors (Lipinski definition) is 1. The third-order valence-electron chi connectivity index (χ3n) is 2.85. The molecule has 1 atom stereocenters. The van der Waals surface area contributed by atoms with Crippen molar-refractivity contribution < 1.29 is 9.53 Å². The Morgan fingerprint density at radius 1 is 1.38 bits per heavy atom. The van der Waals surface area contributed by atoms with Crippen molar-refractivity contribution in [3.63, 3.8) is 0 Å². The minimum Gasteiger partial charge on any atom is -0.380 e. The van der Waals surface area contributed by atoms with E-state index in [0.717, 1.165) is 26.2 Å². The van der Waals surface area contributed by atoms with Crippen LogP contribution < -0.4 is 5.73 Å². The summed E-state index contributed by atoms with van der Waals surface area (Å²) in [6.07, 6.45) is 0.258. The molecule has 0 bridgehead atoms. The predicted molar refractivity (Wildman–Crippen MR) is 65.8 cm³/mol. The van der Waals surface area contributed by atoms with Gasteiger partial charge in [-0.15, -0.1) is 12.4 Å². The van der Waals surface area contributed by atoms with Gasteiger partial charge in [-0.25, -0.2) is 0 Å². The van der Waals surface area contributed by atoms with Crippen molar-refractivity contribution in [1.29, 1.82) is 0 Å². The molecule has 1 aliphatic rings. The smallest absolute Gasteiger partial charge is 0.225 e. The van der Waals surface area contributed by atoms with Crippen LogP contribution in [0.15, 0.2) is 0 Å². The van der Waals surface area contributed by atoms with Gasteiger partial charge in [-0.2, -0.15) is 0 Å². The lowest BCUT2D eigenvalue weighted by Crippen LogP contribution is -2.48. The zero-order valence-corrected chi connectivity index (χ0v) is 10.8. The van der Waals surface area contributed by atoms with Gasteiger partial charge >= 0.3 is 0 Å². The Balaban J connectivity index is 0.00000225. The fourth-order valence-corrected chi connectivity index (χ4v) is 1.64. The number of halogens is 1. The second-order valence-corrected chi connectivity index (χ2v) is 3.98. The highest BCUT2D eigenvalue weighted by Gasteiger charge is 2.21. The molecule has 96 valence electrons.